The first-order valence-corrected chi connectivity index (χ1v) is 9.15. The molecular weight excluding hydrogens is 353 g/mol. The van der Waals surface area contributed by atoms with Gasteiger partial charge >= 0.3 is 14.1 Å². The molecule has 1 aliphatic heterocycles. The van der Waals surface area contributed by atoms with Crippen LogP contribution in [0.5, 0.6) is 0 Å². The summed E-state index contributed by atoms with van der Waals surface area (Å²) < 4.78 is 22.3. The van der Waals surface area contributed by atoms with Crippen LogP contribution in [0.3, 0.4) is 0 Å². The van der Waals surface area contributed by atoms with E-state index in [0.717, 1.165) is 0 Å². The average molecular weight is 376 g/mol. The van der Waals surface area contributed by atoms with Gasteiger partial charge in [0.1, 0.15) is 6.61 Å². The third-order valence-electron chi connectivity index (χ3n) is 3.57. The van der Waals surface area contributed by atoms with Crippen molar-refractivity contribution in [1.29, 1.82) is 0 Å². The van der Waals surface area contributed by atoms with E-state index in [1.165, 1.54) is 13.4 Å². The van der Waals surface area contributed by atoms with Crippen LogP contribution in [0.2, 0.25) is 0 Å². The van der Waals surface area contributed by atoms with Crippen LogP contribution in [-0.4, -0.2) is 52.7 Å². The van der Waals surface area contributed by atoms with Gasteiger partial charge in [0.2, 0.25) is 0 Å². The molecule has 0 aliphatic carbocycles. The van der Waals surface area contributed by atoms with Crippen LogP contribution < -0.4 is 5.32 Å². The lowest BCUT2D eigenvalue weighted by molar-refractivity contribution is -0.145. The first-order chi connectivity index (χ1) is 11.8. The fourth-order valence-electron chi connectivity index (χ4n) is 2.09. The Hall–Kier alpha value is -1.58. The summed E-state index contributed by atoms with van der Waals surface area (Å²) in [4.78, 5) is 37.8. The van der Waals surface area contributed by atoms with Crippen molar-refractivity contribution in [2.45, 2.75) is 33.1 Å². The highest BCUT2D eigenvalue weighted by atomic mass is 31.2. The number of nitrogens with zero attached hydrogens (tertiary/aromatic N) is 2. The van der Waals surface area contributed by atoms with Crippen molar-refractivity contribution in [2.24, 2.45) is 5.41 Å². The minimum absolute atomic E-state index is 0.0264. The Morgan fingerprint density at radius 2 is 2.28 bits per heavy atom. The molecule has 140 valence electrons. The van der Waals surface area contributed by atoms with Crippen molar-refractivity contribution in [3.63, 3.8) is 0 Å². The summed E-state index contributed by atoms with van der Waals surface area (Å²) in [5.74, 6) is -0.887. The molecule has 1 amide bonds. The van der Waals surface area contributed by atoms with Gasteiger partial charge in [-0.25, -0.2) is 4.98 Å². The minimum atomic E-state index is -3.65. The zero-order valence-corrected chi connectivity index (χ0v) is 15.3. The van der Waals surface area contributed by atoms with Gasteiger partial charge in [-0.15, -0.1) is 9.05 Å². The topological polar surface area (TPSA) is 121 Å². The summed E-state index contributed by atoms with van der Waals surface area (Å²) in [7, 11) is -2.38. The summed E-state index contributed by atoms with van der Waals surface area (Å²) >= 11 is 0. The van der Waals surface area contributed by atoms with Gasteiger partial charge in [-0.05, 0) is 0 Å². The zero-order valence-electron chi connectivity index (χ0n) is 14.4. The number of hydrogen-bond donors (Lipinski definition) is 2. The van der Waals surface area contributed by atoms with Crippen LogP contribution in [0.25, 0.3) is 0 Å². The number of aromatic nitrogens is 2. The number of carbonyl (C=O) groups is 2. The summed E-state index contributed by atoms with van der Waals surface area (Å²) in [5, 5.41) is 2.60. The van der Waals surface area contributed by atoms with Crippen LogP contribution in [0.4, 0.5) is 0 Å². The van der Waals surface area contributed by atoms with Gasteiger partial charge < -0.3 is 14.6 Å². The molecule has 2 rings (SSSR count). The van der Waals surface area contributed by atoms with Gasteiger partial charge in [-0.2, -0.15) is 9.42 Å². The standard InChI is InChI=1S/C14H22N3O7P/c1-14(2)8-22-25(20,23-10-17-7-6-15-9-17)24-12(14)13(19)16-5-4-11(18)21-3/h6-7,9,12,20H,4-5,8,10H2,1-3H3/p+1/t12-,25?/m0/s1. The summed E-state index contributed by atoms with van der Waals surface area (Å²) in [6.45, 7) is 3.71. The first kappa shape index (κ1) is 19.7. The molecule has 0 spiro atoms. The number of nitrogens with one attached hydrogen (secondary N) is 1. The van der Waals surface area contributed by atoms with Crippen LogP contribution in [0.15, 0.2) is 18.7 Å². The fourth-order valence-corrected chi connectivity index (χ4v) is 3.70. The van der Waals surface area contributed by atoms with Crippen molar-refractivity contribution >= 4 is 20.0 Å². The van der Waals surface area contributed by atoms with E-state index in [2.05, 4.69) is 15.0 Å². The quantitative estimate of drug-likeness (QED) is 0.526. The maximum atomic E-state index is 12.4. The highest BCUT2D eigenvalue weighted by molar-refractivity contribution is 7.55. The second-order valence-corrected chi connectivity index (χ2v) is 7.83. The second-order valence-electron chi connectivity index (χ2n) is 6.17. The molecule has 2 N–H and O–H groups in total. The van der Waals surface area contributed by atoms with Crippen molar-refractivity contribution in [2.75, 3.05) is 20.3 Å². The smallest absolute Gasteiger partial charge is 0.469 e. The Bertz CT molecular complexity index is 595. The Morgan fingerprint density at radius 3 is 2.92 bits per heavy atom. The summed E-state index contributed by atoms with van der Waals surface area (Å²) in [5.41, 5.74) is -0.681. The molecule has 1 aliphatic rings. The predicted octanol–water partition coefficient (Wildman–Crippen LogP) is 0.648. The van der Waals surface area contributed by atoms with Crippen LogP contribution in [-0.2, 0) is 34.6 Å². The molecule has 0 saturated carbocycles. The molecule has 0 radical (unpaired) electrons. The summed E-state index contributed by atoms with van der Waals surface area (Å²) in [6, 6.07) is 0. The van der Waals surface area contributed by atoms with Crippen molar-refractivity contribution in [3.05, 3.63) is 18.7 Å². The lowest BCUT2D eigenvalue weighted by Gasteiger charge is -2.36. The first-order valence-electron chi connectivity index (χ1n) is 7.65. The highest BCUT2D eigenvalue weighted by Crippen LogP contribution is 2.64. The predicted molar refractivity (Wildman–Crippen MR) is 86.7 cm³/mol. The van der Waals surface area contributed by atoms with Gasteiger partial charge in [-0.1, -0.05) is 13.8 Å². The van der Waals surface area contributed by atoms with E-state index in [0.29, 0.717) is 0 Å². The Kier molecular flexibility index (Phi) is 6.47. The van der Waals surface area contributed by atoms with Gasteiger partial charge in [-0.3, -0.25) is 9.59 Å². The monoisotopic (exact) mass is 376 g/mol. The van der Waals surface area contributed by atoms with Crippen molar-refractivity contribution in [3.8, 4) is 0 Å². The van der Waals surface area contributed by atoms with E-state index < -0.39 is 31.6 Å². The number of carbonyl (C=O) groups excluding carboxylic acids is 2. The molecule has 25 heavy (non-hydrogen) atoms. The van der Waals surface area contributed by atoms with Gasteiger partial charge in [0, 0.05) is 24.4 Å². The minimum Gasteiger partial charge on any atom is -0.469 e. The van der Waals surface area contributed by atoms with E-state index in [1.807, 2.05) is 0 Å². The number of rotatable bonds is 7. The molecule has 1 saturated heterocycles. The number of imidazole rings is 1. The van der Waals surface area contributed by atoms with Gasteiger partial charge in [0.15, 0.2) is 12.8 Å². The maximum Gasteiger partial charge on any atom is 0.575 e. The van der Waals surface area contributed by atoms with E-state index in [-0.39, 0.29) is 26.3 Å². The molecule has 1 aromatic heterocycles. The van der Waals surface area contributed by atoms with E-state index in [4.69, 9.17) is 13.6 Å². The number of methoxy groups -OCH3 is 1. The molecule has 11 heteroatoms. The highest BCUT2D eigenvalue weighted by Gasteiger charge is 2.59. The fraction of sp³-hybridized carbons (Fsp3) is 0.643. The third kappa shape index (κ3) is 5.45. The molecule has 1 unspecified atom stereocenters. The largest absolute Gasteiger partial charge is 0.575 e. The summed E-state index contributed by atoms with van der Waals surface area (Å²) in [6.07, 6.45) is 3.78. The Labute approximate surface area is 146 Å². The molecular formula is C14H23N3O7P+. The lowest BCUT2D eigenvalue weighted by atomic mass is 9.87. The third-order valence-corrected chi connectivity index (χ3v) is 4.95. The number of hydrogen-bond acceptors (Lipinski definition) is 8. The van der Waals surface area contributed by atoms with Crippen LogP contribution >= 0.6 is 8.17 Å². The van der Waals surface area contributed by atoms with E-state index >= 15 is 0 Å². The maximum absolute atomic E-state index is 12.4. The molecule has 2 atom stereocenters. The van der Waals surface area contributed by atoms with E-state index in [1.54, 1.807) is 30.8 Å². The Balaban J connectivity index is 1.94. The second kappa shape index (κ2) is 8.20. The molecule has 1 fully saturated rings. The average Bonchev–Trinajstić information content (AvgIpc) is 3.09. The number of amides is 1. The van der Waals surface area contributed by atoms with Crippen LogP contribution in [0, 0.1) is 5.41 Å². The Morgan fingerprint density at radius 1 is 1.52 bits per heavy atom. The van der Waals surface area contributed by atoms with Crippen LogP contribution in [0.1, 0.15) is 20.3 Å². The zero-order chi connectivity index (χ0) is 18.5. The number of esters is 1. The van der Waals surface area contributed by atoms with Gasteiger partial charge in [0.05, 0.1) is 19.9 Å². The lowest BCUT2D eigenvalue weighted by Crippen LogP contribution is -2.50. The molecule has 10 nitrogen and oxygen atoms in total. The number of ether oxygens (including phenoxy) is 1. The normalized spacial score (nSPS) is 25.4. The van der Waals surface area contributed by atoms with Crippen molar-refractivity contribution in [1.82, 2.24) is 14.9 Å². The SMILES string of the molecule is COC(=O)CCNC(=O)[C@@H]1O[P+](O)(OCn2ccnc2)OCC1(C)C. The molecule has 0 aromatic carbocycles. The molecule has 2 heterocycles. The van der Waals surface area contributed by atoms with Crippen molar-refractivity contribution < 1.29 is 32.8 Å². The molecule has 0 bridgehead atoms. The van der Waals surface area contributed by atoms with Gasteiger partial charge in [0.25, 0.3) is 5.91 Å². The van der Waals surface area contributed by atoms with E-state index in [9.17, 15) is 14.5 Å². The molecule has 1 aromatic rings.